The Morgan fingerprint density at radius 1 is 1.30 bits per heavy atom. The first kappa shape index (κ1) is 14.6. The number of rotatable bonds is 6. The Morgan fingerprint density at radius 2 is 2.10 bits per heavy atom. The van der Waals surface area contributed by atoms with Crippen molar-refractivity contribution in [3.63, 3.8) is 0 Å². The van der Waals surface area contributed by atoms with Crippen LogP contribution in [-0.2, 0) is 4.74 Å². The maximum atomic E-state index is 5.57. The van der Waals surface area contributed by atoms with Crippen LogP contribution in [0.25, 0.3) is 10.9 Å². The lowest BCUT2D eigenvalue weighted by atomic mass is 10.1. The molecule has 0 bridgehead atoms. The Hall–Kier alpha value is -1.81. The molecule has 2 rings (SSSR count). The van der Waals surface area contributed by atoms with E-state index in [4.69, 9.17) is 9.47 Å². The molecule has 0 aliphatic heterocycles. The Balaban J connectivity index is 2.41. The smallest absolute Gasteiger partial charge is 0.120 e. The maximum Gasteiger partial charge on any atom is 0.120 e. The van der Waals surface area contributed by atoms with Gasteiger partial charge in [0.25, 0.3) is 0 Å². The number of fused-ring (bicyclic) bond motifs is 1. The summed E-state index contributed by atoms with van der Waals surface area (Å²) in [5.74, 6) is 0.869. The van der Waals surface area contributed by atoms with E-state index in [9.17, 15) is 0 Å². The third kappa shape index (κ3) is 3.39. The van der Waals surface area contributed by atoms with E-state index in [1.807, 2.05) is 32.0 Å². The van der Waals surface area contributed by atoms with Gasteiger partial charge in [-0.3, -0.25) is 4.98 Å². The van der Waals surface area contributed by atoms with Gasteiger partial charge < -0.3 is 14.8 Å². The Morgan fingerprint density at radius 3 is 2.80 bits per heavy atom. The highest BCUT2D eigenvalue weighted by molar-refractivity contribution is 5.92. The van der Waals surface area contributed by atoms with Gasteiger partial charge in [-0.1, -0.05) is 0 Å². The molecule has 0 radical (unpaired) electrons. The average Bonchev–Trinajstić information content (AvgIpc) is 2.40. The summed E-state index contributed by atoms with van der Waals surface area (Å²) in [6, 6.07) is 8.29. The van der Waals surface area contributed by atoms with Crippen molar-refractivity contribution in [1.82, 2.24) is 4.98 Å². The maximum absolute atomic E-state index is 5.57. The van der Waals surface area contributed by atoms with E-state index in [2.05, 4.69) is 23.3 Å². The SMILES string of the molecule is CCOc1ccc2nc(C)cc(NC(C)COC)c2c1. The molecule has 0 saturated carbocycles. The van der Waals surface area contributed by atoms with Crippen molar-refractivity contribution in [2.75, 3.05) is 25.6 Å². The van der Waals surface area contributed by atoms with Crippen LogP contribution >= 0.6 is 0 Å². The normalized spacial score (nSPS) is 12.4. The van der Waals surface area contributed by atoms with Crippen molar-refractivity contribution in [2.45, 2.75) is 26.8 Å². The fraction of sp³-hybridized carbons (Fsp3) is 0.438. The Kier molecular flexibility index (Phi) is 4.79. The Bertz CT molecular complexity index is 584. The lowest BCUT2D eigenvalue weighted by Crippen LogP contribution is -2.21. The zero-order valence-corrected chi connectivity index (χ0v) is 12.6. The largest absolute Gasteiger partial charge is 0.494 e. The van der Waals surface area contributed by atoms with Gasteiger partial charge in [0.15, 0.2) is 0 Å². The standard InChI is InChI=1S/C16H22N2O2/c1-5-20-13-6-7-15-14(9-13)16(8-11(2)17-15)18-12(3)10-19-4/h6-9,12H,5,10H2,1-4H3,(H,17,18). The van der Waals surface area contributed by atoms with Gasteiger partial charge in [0.1, 0.15) is 5.75 Å². The van der Waals surface area contributed by atoms with E-state index in [0.717, 1.165) is 28.0 Å². The van der Waals surface area contributed by atoms with E-state index >= 15 is 0 Å². The van der Waals surface area contributed by atoms with Crippen molar-refractivity contribution in [1.29, 1.82) is 0 Å². The van der Waals surface area contributed by atoms with Crippen LogP contribution in [-0.4, -0.2) is 31.3 Å². The van der Waals surface area contributed by atoms with Gasteiger partial charge in [0.2, 0.25) is 0 Å². The molecule has 2 aromatic rings. The molecule has 20 heavy (non-hydrogen) atoms. The molecule has 0 aliphatic carbocycles. The van der Waals surface area contributed by atoms with Crippen molar-refractivity contribution in [3.05, 3.63) is 30.0 Å². The van der Waals surface area contributed by atoms with Crippen LogP contribution < -0.4 is 10.1 Å². The minimum absolute atomic E-state index is 0.237. The number of hydrogen-bond acceptors (Lipinski definition) is 4. The number of nitrogens with one attached hydrogen (secondary N) is 1. The molecule has 0 amide bonds. The number of methoxy groups -OCH3 is 1. The summed E-state index contributed by atoms with van der Waals surface area (Å²) in [5, 5.41) is 4.55. The first-order valence-corrected chi connectivity index (χ1v) is 6.93. The number of anilines is 1. The number of pyridine rings is 1. The molecule has 0 aliphatic rings. The zero-order valence-electron chi connectivity index (χ0n) is 12.6. The molecule has 0 fully saturated rings. The minimum Gasteiger partial charge on any atom is -0.494 e. The second-order valence-electron chi connectivity index (χ2n) is 4.92. The van der Waals surface area contributed by atoms with Gasteiger partial charge in [-0.2, -0.15) is 0 Å². The first-order valence-electron chi connectivity index (χ1n) is 6.93. The fourth-order valence-electron chi connectivity index (χ4n) is 2.27. The summed E-state index contributed by atoms with van der Waals surface area (Å²) in [6.07, 6.45) is 0. The van der Waals surface area contributed by atoms with Crippen LogP contribution in [0.4, 0.5) is 5.69 Å². The molecule has 1 N–H and O–H groups in total. The fourth-order valence-corrected chi connectivity index (χ4v) is 2.27. The van der Waals surface area contributed by atoms with Gasteiger partial charge in [-0.05, 0) is 45.0 Å². The summed E-state index contributed by atoms with van der Waals surface area (Å²) < 4.78 is 10.7. The average molecular weight is 274 g/mol. The number of hydrogen-bond donors (Lipinski definition) is 1. The molecule has 0 saturated heterocycles. The summed E-state index contributed by atoms with van der Waals surface area (Å²) in [5.41, 5.74) is 3.04. The van der Waals surface area contributed by atoms with Gasteiger partial charge in [-0.15, -0.1) is 0 Å². The predicted octanol–water partition coefficient (Wildman–Crippen LogP) is 3.39. The number of benzene rings is 1. The van der Waals surface area contributed by atoms with E-state index in [1.165, 1.54) is 0 Å². The van der Waals surface area contributed by atoms with Gasteiger partial charge in [0.05, 0.1) is 18.7 Å². The van der Waals surface area contributed by atoms with Crippen molar-refractivity contribution in [3.8, 4) is 5.75 Å². The van der Waals surface area contributed by atoms with Gasteiger partial charge >= 0.3 is 0 Å². The van der Waals surface area contributed by atoms with Crippen LogP contribution in [0.2, 0.25) is 0 Å². The number of nitrogens with zero attached hydrogens (tertiary/aromatic N) is 1. The van der Waals surface area contributed by atoms with Crippen LogP contribution in [0.15, 0.2) is 24.3 Å². The molecule has 4 heteroatoms. The highest BCUT2D eigenvalue weighted by Gasteiger charge is 2.08. The third-order valence-corrected chi connectivity index (χ3v) is 3.04. The second kappa shape index (κ2) is 6.57. The topological polar surface area (TPSA) is 43.4 Å². The van der Waals surface area contributed by atoms with Crippen LogP contribution in [0, 0.1) is 6.92 Å². The van der Waals surface area contributed by atoms with Crippen LogP contribution in [0.5, 0.6) is 5.75 Å². The monoisotopic (exact) mass is 274 g/mol. The lowest BCUT2D eigenvalue weighted by molar-refractivity contribution is 0.190. The summed E-state index contributed by atoms with van der Waals surface area (Å²) in [7, 11) is 1.71. The molecule has 1 atom stereocenters. The van der Waals surface area contributed by atoms with Crippen molar-refractivity contribution in [2.24, 2.45) is 0 Å². The van der Waals surface area contributed by atoms with Gasteiger partial charge in [-0.25, -0.2) is 0 Å². The summed E-state index contributed by atoms with van der Waals surface area (Å²) in [6.45, 7) is 7.40. The molecular formula is C16H22N2O2. The van der Waals surface area contributed by atoms with Gasteiger partial charge in [0, 0.05) is 29.9 Å². The van der Waals surface area contributed by atoms with E-state index in [0.29, 0.717) is 13.2 Å². The second-order valence-corrected chi connectivity index (χ2v) is 4.92. The molecule has 1 aromatic carbocycles. The Labute approximate surface area is 120 Å². The van der Waals surface area contributed by atoms with E-state index in [1.54, 1.807) is 7.11 Å². The third-order valence-electron chi connectivity index (χ3n) is 3.04. The van der Waals surface area contributed by atoms with Crippen LogP contribution in [0.3, 0.4) is 0 Å². The highest BCUT2D eigenvalue weighted by atomic mass is 16.5. The zero-order chi connectivity index (χ0) is 14.5. The van der Waals surface area contributed by atoms with Crippen molar-refractivity contribution < 1.29 is 9.47 Å². The highest BCUT2D eigenvalue weighted by Crippen LogP contribution is 2.27. The predicted molar refractivity (Wildman–Crippen MR) is 82.6 cm³/mol. The number of aryl methyl sites for hydroxylation is 1. The number of aromatic nitrogens is 1. The minimum atomic E-state index is 0.237. The summed E-state index contributed by atoms with van der Waals surface area (Å²) in [4.78, 5) is 4.56. The molecule has 108 valence electrons. The molecular weight excluding hydrogens is 252 g/mol. The van der Waals surface area contributed by atoms with E-state index < -0.39 is 0 Å². The molecule has 4 nitrogen and oxygen atoms in total. The molecule has 1 unspecified atom stereocenters. The quantitative estimate of drug-likeness (QED) is 0.877. The number of ether oxygens (including phenoxy) is 2. The van der Waals surface area contributed by atoms with Crippen LogP contribution in [0.1, 0.15) is 19.5 Å². The first-order chi connectivity index (χ1) is 9.63. The molecule has 1 heterocycles. The lowest BCUT2D eigenvalue weighted by Gasteiger charge is -2.17. The summed E-state index contributed by atoms with van der Waals surface area (Å²) >= 11 is 0. The molecule has 0 spiro atoms. The van der Waals surface area contributed by atoms with E-state index in [-0.39, 0.29) is 6.04 Å². The molecule has 1 aromatic heterocycles. The van der Waals surface area contributed by atoms with Crippen molar-refractivity contribution >= 4 is 16.6 Å².